The maximum Gasteiger partial charge on any atom is -0.0330 e. The molecule has 0 aromatic carbocycles. The van der Waals surface area contributed by atoms with E-state index >= 15 is 0 Å². The minimum absolute atomic E-state index is 0.905. The van der Waals surface area contributed by atoms with Gasteiger partial charge in [-0.15, -0.1) is 8.58 Å². The van der Waals surface area contributed by atoms with Crippen LogP contribution in [-0.4, -0.2) is 12.3 Å². The molecule has 0 unspecified atom stereocenters. The lowest BCUT2D eigenvalue weighted by atomic mass is 10.3. The normalized spacial score (nSPS) is 10.0. The molecule has 0 saturated heterocycles. The lowest BCUT2D eigenvalue weighted by Crippen LogP contribution is -1.94. The van der Waals surface area contributed by atoms with E-state index in [1.165, 1.54) is 27.3 Å². The maximum absolute atomic E-state index is 2.30. The Hall–Kier alpha value is 0.430. The van der Waals surface area contributed by atoms with Gasteiger partial charge in [0.2, 0.25) is 0 Å². The summed E-state index contributed by atoms with van der Waals surface area (Å²) < 4.78 is 0. The molecule has 0 aromatic heterocycles. The first-order valence-corrected chi connectivity index (χ1v) is 6.66. The Labute approximate surface area is 81.3 Å². The van der Waals surface area contributed by atoms with Gasteiger partial charge in [-0.25, -0.2) is 0 Å². The standard InChI is InChI=1S/C8H19P.C3H8/c1-7(2)5-9-6-8(3)4;1-3-2/h7-9H,5-6H2,1-4H3;3H2,1-2H3. The van der Waals surface area contributed by atoms with Gasteiger partial charge in [-0.05, 0) is 24.2 Å². The topological polar surface area (TPSA) is 0 Å². The van der Waals surface area contributed by atoms with Gasteiger partial charge in [0.25, 0.3) is 0 Å². The van der Waals surface area contributed by atoms with Crippen molar-refractivity contribution in [3.8, 4) is 0 Å². The van der Waals surface area contributed by atoms with Crippen LogP contribution < -0.4 is 0 Å². The zero-order valence-electron chi connectivity index (χ0n) is 9.78. The first-order valence-electron chi connectivity index (χ1n) is 5.25. The Bertz CT molecular complexity index is 59.4. The van der Waals surface area contributed by atoms with Crippen molar-refractivity contribution in [2.45, 2.75) is 48.0 Å². The van der Waals surface area contributed by atoms with Crippen LogP contribution in [0.5, 0.6) is 0 Å². The van der Waals surface area contributed by atoms with E-state index in [9.17, 15) is 0 Å². The molecule has 0 aromatic rings. The number of hydrogen-bond donors (Lipinski definition) is 0. The first-order chi connectivity index (χ1) is 5.54. The molecule has 12 heavy (non-hydrogen) atoms. The van der Waals surface area contributed by atoms with E-state index in [1.54, 1.807) is 0 Å². The quantitative estimate of drug-likeness (QED) is 0.577. The van der Waals surface area contributed by atoms with Crippen molar-refractivity contribution in [2.75, 3.05) is 12.3 Å². The molecule has 0 bridgehead atoms. The number of hydrogen-bond acceptors (Lipinski definition) is 0. The predicted octanol–water partition coefficient (Wildman–Crippen LogP) is 4.39. The second kappa shape index (κ2) is 11.4. The van der Waals surface area contributed by atoms with E-state index in [2.05, 4.69) is 41.5 Å². The Balaban J connectivity index is 0. The fourth-order valence-corrected chi connectivity index (χ4v) is 1.98. The van der Waals surface area contributed by atoms with E-state index in [0.29, 0.717) is 0 Å². The van der Waals surface area contributed by atoms with Crippen LogP contribution >= 0.6 is 8.58 Å². The summed E-state index contributed by atoms with van der Waals surface area (Å²) in [4.78, 5) is 0. The molecule has 0 saturated carbocycles. The van der Waals surface area contributed by atoms with Crippen LogP contribution in [0, 0.1) is 11.8 Å². The van der Waals surface area contributed by atoms with Gasteiger partial charge in [-0.2, -0.15) is 0 Å². The monoisotopic (exact) mass is 190 g/mol. The van der Waals surface area contributed by atoms with Crippen molar-refractivity contribution in [2.24, 2.45) is 11.8 Å². The number of rotatable bonds is 4. The van der Waals surface area contributed by atoms with Gasteiger partial charge in [-0.3, -0.25) is 0 Å². The van der Waals surface area contributed by atoms with Gasteiger partial charge >= 0.3 is 0 Å². The molecule has 0 heterocycles. The fraction of sp³-hybridized carbons (Fsp3) is 1.00. The van der Waals surface area contributed by atoms with E-state index in [0.717, 1.165) is 11.8 Å². The second-order valence-electron chi connectivity index (χ2n) is 4.15. The van der Waals surface area contributed by atoms with Gasteiger partial charge in [0.15, 0.2) is 0 Å². The highest BCUT2D eigenvalue weighted by Gasteiger charge is 1.95. The Morgan fingerprint density at radius 1 is 0.833 bits per heavy atom. The molecule has 76 valence electrons. The van der Waals surface area contributed by atoms with Crippen LogP contribution in [0.25, 0.3) is 0 Å². The average Bonchev–Trinajstić information content (AvgIpc) is 1.87. The third-order valence-corrected chi connectivity index (χ3v) is 3.32. The fourth-order valence-electron chi connectivity index (χ4n) is 0.661. The van der Waals surface area contributed by atoms with Crippen molar-refractivity contribution >= 4 is 8.58 Å². The van der Waals surface area contributed by atoms with Crippen molar-refractivity contribution in [3.63, 3.8) is 0 Å². The largest absolute Gasteiger partial charge is 0.122 e. The molecular formula is C11H27P. The minimum Gasteiger partial charge on any atom is -0.122 e. The molecule has 0 fully saturated rings. The second-order valence-corrected chi connectivity index (χ2v) is 5.47. The van der Waals surface area contributed by atoms with Gasteiger partial charge in [-0.1, -0.05) is 48.0 Å². The highest BCUT2D eigenvalue weighted by molar-refractivity contribution is 7.37. The van der Waals surface area contributed by atoms with Crippen LogP contribution in [0.2, 0.25) is 0 Å². The van der Waals surface area contributed by atoms with E-state index in [1.807, 2.05) is 0 Å². The maximum atomic E-state index is 2.30. The minimum atomic E-state index is 0.905. The third kappa shape index (κ3) is 22.4. The van der Waals surface area contributed by atoms with E-state index in [-0.39, 0.29) is 0 Å². The lowest BCUT2D eigenvalue weighted by molar-refractivity contribution is 0.725. The van der Waals surface area contributed by atoms with Crippen LogP contribution in [0.1, 0.15) is 48.0 Å². The molecule has 0 atom stereocenters. The molecule has 0 rings (SSSR count). The molecule has 1 heteroatoms. The Kier molecular flexibility index (Phi) is 14.2. The molecule has 0 nitrogen and oxygen atoms in total. The van der Waals surface area contributed by atoms with Crippen LogP contribution in [-0.2, 0) is 0 Å². The lowest BCUT2D eigenvalue weighted by Gasteiger charge is -2.06. The molecule has 0 aliphatic rings. The molecule has 0 spiro atoms. The van der Waals surface area contributed by atoms with Crippen LogP contribution in [0.3, 0.4) is 0 Å². The molecule has 0 N–H and O–H groups in total. The average molecular weight is 190 g/mol. The summed E-state index contributed by atoms with van der Waals surface area (Å²) in [7, 11) is 1.19. The van der Waals surface area contributed by atoms with E-state index < -0.39 is 0 Å². The summed E-state index contributed by atoms with van der Waals surface area (Å²) in [5.41, 5.74) is 0. The Morgan fingerprint density at radius 3 is 1.25 bits per heavy atom. The highest BCUT2D eigenvalue weighted by atomic mass is 31.1. The van der Waals surface area contributed by atoms with Gasteiger partial charge < -0.3 is 0 Å². The van der Waals surface area contributed by atoms with Crippen LogP contribution in [0.15, 0.2) is 0 Å². The molecule has 0 amide bonds. The van der Waals surface area contributed by atoms with Crippen LogP contribution in [0.4, 0.5) is 0 Å². The summed E-state index contributed by atoms with van der Waals surface area (Å²) in [6, 6.07) is 0. The predicted molar refractivity (Wildman–Crippen MR) is 63.7 cm³/mol. The summed E-state index contributed by atoms with van der Waals surface area (Å²) in [5.74, 6) is 1.81. The molecule has 0 radical (unpaired) electrons. The van der Waals surface area contributed by atoms with Crippen molar-refractivity contribution < 1.29 is 0 Å². The summed E-state index contributed by atoms with van der Waals surface area (Å²) >= 11 is 0. The van der Waals surface area contributed by atoms with Crippen molar-refractivity contribution in [1.82, 2.24) is 0 Å². The zero-order valence-corrected chi connectivity index (χ0v) is 10.8. The Morgan fingerprint density at radius 2 is 1.08 bits per heavy atom. The summed E-state index contributed by atoms with van der Waals surface area (Å²) in [5, 5.41) is 0. The third-order valence-electron chi connectivity index (χ3n) is 1.11. The summed E-state index contributed by atoms with van der Waals surface area (Å²) in [6.07, 6.45) is 4.11. The van der Waals surface area contributed by atoms with Crippen molar-refractivity contribution in [1.29, 1.82) is 0 Å². The molecule has 0 aliphatic heterocycles. The van der Waals surface area contributed by atoms with E-state index in [4.69, 9.17) is 0 Å². The van der Waals surface area contributed by atoms with Gasteiger partial charge in [0.1, 0.15) is 0 Å². The summed E-state index contributed by atoms with van der Waals surface area (Å²) in [6.45, 7) is 13.4. The molecule has 0 aliphatic carbocycles. The van der Waals surface area contributed by atoms with Gasteiger partial charge in [0.05, 0.1) is 0 Å². The zero-order chi connectivity index (χ0) is 9.98. The van der Waals surface area contributed by atoms with Gasteiger partial charge in [0, 0.05) is 0 Å². The highest BCUT2D eigenvalue weighted by Crippen LogP contribution is 2.17. The SMILES string of the molecule is CC(C)CPCC(C)C.CCC. The smallest absolute Gasteiger partial charge is 0.0330 e. The molecular weight excluding hydrogens is 163 g/mol. The van der Waals surface area contributed by atoms with Crippen molar-refractivity contribution in [3.05, 3.63) is 0 Å². The first kappa shape index (κ1) is 14.9.